The number of fused-ring (bicyclic) bond motifs is 1. The number of benzene rings is 1. The minimum Gasteiger partial charge on any atom is -0.384 e. The third-order valence-electron chi connectivity index (χ3n) is 3.62. The normalized spacial score (nSPS) is 16.6. The molecule has 1 amide bonds. The van der Waals surface area contributed by atoms with Gasteiger partial charge >= 0.3 is 0 Å². The Morgan fingerprint density at radius 2 is 2.35 bits per heavy atom. The van der Waals surface area contributed by atoms with Gasteiger partial charge in [-0.1, -0.05) is 18.2 Å². The average Bonchev–Trinajstić information content (AvgIpc) is 3.04. The molecule has 1 aromatic heterocycles. The van der Waals surface area contributed by atoms with Crippen molar-refractivity contribution in [3.63, 3.8) is 0 Å². The van der Waals surface area contributed by atoms with Gasteiger partial charge in [-0.25, -0.2) is 0 Å². The van der Waals surface area contributed by atoms with Gasteiger partial charge < -0.3 is 10.6 Å². The molecule has 2 aromatic rings. The number of nitrogens with zero attached hydrogens (tertiary/aromatic N) is 2. The maximum absolute atomic E-state index is 12.0. The number of aromatic nitrogens is 2. The van der Waals surface area contributed by atoms with Crippen LogP contribution in [0.5, 0.6) is 0 Å². The molecule has 3 rings (SSSR count). The summed E-state index contributed by atoms with van der Waals surface area (Å²) in [6.07, 6.45) is 4.20. The largest absolute Gasteiger partial charge is 0.384 e. The highest BCUT2D eigenvalue weighted by atomic mass is 16.1. The molecular weight excluding hydrogens is 252 g/mol. The highest BCUT2D eigenvalue weighted by Crippen LogP contribution is 2.32. The van der Waals surface area contributed by atoms with Gasteiger partial charge in [0, 0.05) is 49.9 Å². The van der Waals surface area contributed by atoms with Crippen LogP contribution in [0.1, 0.15) is 23.5 Å². The van der Waals surface area contributed by atoms with E-state index in [0.29, 0.717) is 13.0 Å². The van der Waals surface area contributed by atoms with E-state index in [4.69, 9.17) is 0 Å². The fourth-order valence-electron chi connectivity index (χ4n) is 2.60. The lowest BCUT2D eigenvalue weighted by molar-refractivity contribution is -0.121. The lowest BCUT2D eigenvalue weighted by Crippen LogP contribution is -2.25. The second-order valence-corrected chi connectivity index (χ2v) is 5.17. The topological polar surface area (TPSA) is 59.0 Å². The van der Waals surface area contributed by atoms with Gasteiger partial charge in [-0.05, 0) is 11.6 Å². The lowest BCUT2D eigenvalue weighted by Gasteiger charge is -2.10. The van der Waals surface area contributed by atoms with E-state index in [1.54, 1.807) is 10.9 Å². The van der Waals surface area contributed by atoms with Crippen molar-refractivity contribution in [1.29, 1.82) is 0 Å². The van der Waals surface area contributed by atoms with E-state index in [0.717, 1.165) is 17.8 Å². The van der Waals surface area contributed by atoms with E-state index in [1.807, 2.05) is 25.4 Å². The molecule has 104 valence electrons. The Hall–Kier alpha value is -2.30. The Kier molecular flexibility index (Phi) is 3.41. The van der Waals surface area contributed by atoms with Crippen LogP contribution in [-0.2, 0) is 18.4 Å². The van der Waals surface area contributed by atoms with Crippen LogP contribution in [0.4, 0.5) is 5.69 Å². The molecule has 0 saturated carbocycles. The molecule has 0 aliphatic carbocycles. The number of amides is 1. The molecule has 2 heterocycles. The minimum absolute atomic E-state index is 0.0809. The molecule has 2 N–H and O–H groups in total. The molecule has 1 unspecified atom stereocenters. The molecule has 20 heavy (non-hydrogen) atoms. The zero-order valence-corrected chi connectivity index (χ0v) is 11.5. The van der Waals surface area contributed by atoms with Gasteiger partial charge in [0.2, 0.25) is 5.91 Å². The molecule has 0 saturated heterocycles. The highest BCUT2D eigenvalue weighted by Gasteiger charge is 2.23. The van der Waals surface area contributed by atoms with E-state index >= 15 is 0 Å². The fourth-order valence-corrected chi connectivity index (χ4v) is 2.60. The van der Waals surface area contributed by atoms with Gasteiger partial charge in [-0.3, -0.25) is 9.48 Å². The van der Waals surface area contributed by atoms with E-state index in [2.05, 4.69) is 27.9 Å². The molecule has 0 radical (unpaired) electrons. The van der Waals surface area contributed by atoms with Crippen molar-refractivity contribution in [2.24, 2.45) is 7.05 Å². The van der Waals surface area contributed by atoms with Gasteiger partial charge in [0.25, 0.3) is 0 Å². The molecule has 5 heteroatoms. The highest BCUT2D eigenvalue weighted by molar-refractivity contribution is 5.78. The van der Waals surface area contributed by atoms with Crippen molar-refractivity contribution in [3.05, 3.63) is 47.8 Å². The van der Waals surface area contributed by atoms with Crippen molar-refractivity contribution < 1.29 is 4.79 Å². The fraction of sp³-hybridized carbons (Fsp3) is 0.333. The number of hydrogen-bond donors (Lipinski definition) is 2. The van der Waals surface area contributed by atoms with Crippen molar-refractivity contribution >= 4 is 11.6 Å². The molecule has 5 nitrogen and oxygen atoms in total. The van der Waals surface area contributed by atoms with Crippen molar-refractivity contribution in [2.45, 2.75) is 18.9 Å². The number of hydrogen-bond acceptors (Lipinski definition) is 3. The van der Waals surface area contributed by atoms with Crippen molar-refractivity contribution in [1.82, 2.24) is 15.1 Å². The first-order valence-corrected chi connectivity index (χ1v) is 6.79. The number of carbonyl (C=O) groups excluding carboxylic acids is 1. The van der Waals surface area contributed by atoms with Crippen LogP contribution >= 0.6 is 0 Å². The summed E-state index contributed by atoms with van der Waals surface area (Å²) in [5, 5.41) is 10.4. The van der Waals surface area contributed by atoms with E-state index < -0.39 is 0 Å². The molecule has 0 spiro atoms. The maximum Gasteiger partial charge on any atom is 0.220 e. The van der Waals surface area contributed by atoms with E-state index in [9.17, 15) is 4.79 Å². The summed E-state index contributed by atoms with van der Waals surface area (Å²) in [6.45, 7) is 1.37. The molecule has 0 bridgehead atoms. The first kappa shape index (κ1) is 12.7. The zero-order valence-electron chi connectivity index (χ0n) is 11.5. The lowest BCUT2D eigenvalue weighted by atomic mass is 9.97. The summed E-state index contributed by atoms with van der Waals surface area (Å²) in [7, 11) is 1.87. The van der Waals surface area contributed by atoms with Gasteiger partial charge in [-0.15, -0.1) is 0 Å². The Morgan fingerprint density at radius 3 is 3.15 bits per heavy atom. The number of anilines is 1. The standard InChI is InChI=1S/C15H18N4O/c1-19-10-11(8-18-19)7-17-15(20)6-12-9-16-14-5-3-2-4-13(12)14/h2-5,8,10,12,16H,6-7,9H2,1H3,(H,17,20). The minimum atomic E-state index is 0.0809. The quantitative estimate of drug-likeness (QED) is 0.888. The summed E-state index contributed by atoms with van der Waals surface area (Å²) in [5.41, 5.74) is 3.41. The number of carbonyl (C=O) groups is 1. The average molecular weight is 270 g/mol. The monoisotopic (exact) mass is 270 g/mol. The number of para-hydroxylation sites is 1. The summed E-state index contributed by atoms with van der Waals surface area (Å²) >= 11 is 0. The summed E-state index contributed by atoms with van der Waals surface area (Å²) in [4.78, 5) is 12.0. The Bertz CT molecular complexity index is 620. The summed E-state index contributed by atoms with van der Waals surface area (Å²) in [6, 6.07) is 8.18. The molecule has 1 aliphatic heterocycles. The third kappa shape index (κ3) is 2.66. The smallest absolute Gasteiger partial charge is 0.220 e. The van der Waals surface area contributed by atoms with Gasteiger partial charge in [0.15, 0.2) is 0 Å². The molecule has 1 aliphatic rings. The van der Waals surface area contributed by atoms with Crippen LogP contribution in [0.15, 0.2) is 36.7 Å². The zero-order chi connectivity index (χ0) is 13.9. The maximum atomic E-state index is 12.0. The number of nitrogens with one attached hydrogen (secondary N) is 2. The van der Waals surface area contributed by atoms with E-state index in [1.165, 1.54) is 5.56 Å². The second kappa shape index (κ2) is 5.36. The summed E-state index contributed by atoms with van der Waals surface area (Å²) in [5.74, 6) is 0.345. The first-order valence-electron chi connectivity index (χ1n) is 6.79. The summed E-state index contributed by atoms with van der Waals surface area (Å²) < 4.78 is 1.73. The molecule has 1 aromatic carbocycles. The van der Waals surface area contributed by atoms with Crippen molar-refractivity contribution in [2.75, 3.05) is 11.9 Å². The van der Waals surface area contributed by atoms with Gasteiger partial charge in [0.1, 0.15) is 0 Å². The van der Waals surface area contributed by atoms with Crippen LogP contribution in [0.2, 0.25) is 0 Å². The van der Waals surface area contributed by atoms with Gasteiger partial charge in [0.05, 0.1) is 6.20 Å². The van der Waals surface area contributed by atoms with Crippen molar-refractivity contribution in [3.8, 4) is 0 Å². The van der Waals surface area contributed by atoms with Crippen LogP contribution in [0, 0.1) is 0 Å². The SMILES string of the molecule is Cn1cc(CNC(=O)CC2CNc3ccccc32)cn1. The third-order valence-corrected chi connectivity index (χ3v) is 3.62. The second-order valence-electron chi connectivity index (χ2n) is 5.17. The van der Waals surface area contributed by atoms with Crippen LogP contribution in [0.3, 0.4) is 0 Å². The van der Waals surface area contributed by atoms with Crippen LogP contribution < -0.4 is 10.6 Å². The van der Waals surface area contributed by atoms with E-state index in [-0.39, 0.29) is 11.8 Å². The molecule has 0 fully saturated rings. The molecule has 1 atom stereocenters. The van der Waals surface area contributed by atoms with Crippen LogP contribution in [0.25, 0.3) is 0 Å². The first-order chi connectivity index (χ1) is 9.72. The van der Waals surface area contributed by atoms with Crippen LogP contribution in [-0.4, -0.2) is 22.2 Å². The number of rotatable bonds is 4. The molecular formula is C15H18N4O. The number of aryl methyl sites for hydroxylation is 1. The Labute approximate surface area is 118 Å². The Morgan fingerprint density at radius 1 is 1.50 bits per heavy atom. The predicted molar refractivity (Wildman–Crippen MR) is 77.3 cm³/mol. The van der Waals surface area contributed by atoms with Gasteiger partial charge in [-0.2, -0.15) is 5.10 Å². The predicted octanol–water partition coefficient (Wildman–Crippen LogP) is 1.64. The Balaban J connectivity index is 1.55.